The fourth-order valence-corrected chi connectivity index (χ4v) is 4.02. The van der Waals surface area contributed by atoms with Gasteiger partial charge < -0.3 is 4.74 Å². The van der Waals surface area contributed by atoms with Crippen molar-refractivity contribution >= 4 is 26.6 Å². The van der Waals surface area contributed by atoms with Crippen LogP contribution in [0, 0.1) is 10.1 Å². The molecule has 0 bridgehead atoms. The van der Waals surface area contributed by atoms with Crippen molar-refractivity contribution in [3.8, 4) is 5.75 Å². The van der Waals surface area contributed by atoms with Gasteiger partial charge in [0.15, 0.2) is 0 Å². The summed E-state index contributed by atoms with van der Waals surface area (Å²) in [7, 11) is -2.83. The molecule has 136 valence electrons. The number of hydrogen-bond donors (Lipinski definition) is 0. The molecule has 0 atom stereocenters. The maximum absolute atomic E-state index is 13.4. The highest BCUT2D eigenvalue weighted by molar-refractivity contribution is 7.90. The van der Waals surface area contributed by atoms with Gasteiger partial charge in [-0.05, 0) is 30.3 Å². The third kappa shape index (κ3) is 2.77. The lowest BCUT2D eigenvalue weighted by Gasteiger charge is -2.08. The Bertz CT molecular complexity index is 1090. The molecule has 0 N–H and O–H groups in total. The number of alkyl halides is 2. The number of nitro benzene ring substituents is 1. The Hall–Kier alpha value is -3.01. The largest absolute Gasteiger partial charge is 0.497 e. The highest BCUT2D eigenvalue weighted by Crippen LogP contribution is 2.37. The van der Waals surface area contributed by atoms with Gasteiger partial charge in [0.2, 0.25) is 0 Å². The molecule has 2 aromatic carbocycles. The van der Waals surface area contributed by atoms with E-state index in [4.69, 9.17) is 4.74 Å². The van der Waals surface area contributed by atoms with E-state index >= 15 is 0 Å². The average molecular weight is 382 g/mol. The monoisotopic (exact) mass is 382 g/mol. The van der Waals surface area contributed by atoms with Crippen molar-refractivity contribution in [2.45, 2.75) is 11.3 Å². The first kappa shape index (κ1) is 17.8. The second-order valence-corrected chi connectivity index (χ2v) is 7.10. The summed E-state index contributed by atoms with van der Waals surface area (Å²) < 4.78 is 58.1. The Morgan fingerprint density at radius 3 is 2.35 bits per heavy atom. The van der Waals surface area contributed by atoms with E-state index in [1.807, 2.05) is 0 Å². The van der Waals surface area contributed by atoms with Crippen molar-refractivity contribution in [2.75, 3.05) is 7.11 Å². The van der Waals surface area contributed by atoms with Crippen LogP contribution < -0.4 is 4.74 Å². The fourth-order valence-electron chi connectivity index (χ4n) is 2.65. The predicted octanol–water partition coefficient (Wildman–Crippen LogP) is 3.73. The van der Waals surface area contributed by atoms with Crippen molar-refractivity contribution in [3.63, 3.8) is 0 Å². The summed E-state index contributed by atoms with van der Waals surface area (Å²) in [5.41, 5.74) is -1.49. The molecule has 0 aliphatic rings. The number of rotatable bonds is 5. The molecule has 10 heteroatoms. The maximum atomic E-state index is 13.4. The summed E-state index contributed by atoms with van der Waals surface area (Å²) in [6, 6.07) is 8.90. The summed E-state index contributed by atoms with van der Waals surface area (Å²) in [6.07, 6.45) is -2.35. The van der Waals surface area contributed by atoms with Gasteiger partial charge in [-0.3, -0.25) is 10.1 Å². The molecule has 0 spiro atoms. The van der Waals surface area contributed by atoms with Gasteiger partial charge in [0.1, 0.15) is 5.75 Å². The van der Waals surface area contributed by atoms with Gasteiger partial charge in [0.05, 0.1) is 33.4 Å². The first-order chi connectivity index (χ1) is 12.3. The lowest BCUT2D eigenvalue weighted by atomic mass is 10.1. The molecular weight excluding hydrogens is 370 g/mol. The van der Waals surface area contributed by atoms with E-state index in [-0.39, 0.29) is 10.4 Å². The molecule has 0 saturated carbocycles. The van der Waals surface area contributed by atoms with Crippen LogP contribution in [-0.2, 0) is 10.0 Å². The summed E-state index contributed by atoms with van der Waals surface area (Å²) in [6.45, 7) is 0. The van der Waals surface area contributed by atoms with Crippen LogP contribution in [0.25, 0.3) is 10.9 Å². The molecule has 1 heterocycles. The second-order valence-electron chi connectivity index (χ2n) is 5.29. The number of nitrogens with zero attached hydrogens (tertiary/aromatic N) is 2. The Morgan fingerprint density at radius 1 is 1.15 bits per heavy atom. The number of aromatic nitrogens is 1. The Balaban J connectivity index is 2.31. The number of fused-ring (bicyclic) bond motifs is 1. The predicted molar refractivity (Wildman–Crippen MR) is 89.1 cm³/mol. The first-order valence-corrected chi connectivity index (χ1v) is 8.67. The van der Waals surface area contributed by atoms with Gasteiger partial charge in [0, 0.05) is 12.3 Å². The zero-order valence-corrected chi connectivity index (χ0v) is 14.1. The van der Waals surface area contributed by atoms with Crippen LogP contribution in [0.15, 0.2) is 53.6 Å². The van der Waals surface area contributed by atoms with E-state index < -0.39 is 38.0 Å². The number of halogens is 2. The number of non-ortho nitro benzene ring substituents is 1. The third-order valence-corrected chi connectivity index (χ3v) is 5.54. The number of benzene rings is 2. The molecule has 7 nitrogen and oxygen atoms in total. The van der Waals surface area contributed by atoms with Crippen molar-refractivity contribution < 1.29 is 26.9 Å². The molecule has 3 rings (SSSR count). The zero-order chi connectivity index (χ0) is 19.1. The zero-order valence-electron chi connectivity index (χ0n) is 13.3. The quantitative estimate of drug-likeness (QED) is 0.495. The number of nitro groups is 1. The van der Waals surface area contributed by atoms with E-state index in [9.17, 15) is 27.3 Å². The van der Waals surface area contributed by atoms with Crippen LogP contribution in [0.1, 0.15) is 12.0 Å². The summed E-state index contributed by atoms with van der Waals surface area (Å²) in [5.74, 6) is 0.422. The summed E-state index contributed by atoms with van der Waals surface area (Å²) in [5, 5.41) is 10.8. The SMILES string of the molecule is COc1ccc(S(=O)(=O)n2cc(C(F)F)c3c([N+](=O)[O-])cccc32)cc1. The van der Waals surface area contributed by atoms with Gasteiger partial charge in [-0.2, -0.15) is 0 Å². The van der Waals surface area contributed by atoms with E-state index in [1.54, 1.807) is 0 Å². The topological polar surface area (TPSA) is 91.4 Å². The highest BCUT2D eigenvalue weighted by Gasteiger charge is 2.29. The molecule has 0 saturated heterocycles. The average Bonchev–Trinajstić information content (AvgIpc) is 3.02. The molecule has 0 fully saturated rings. The van der Waals surface area contributed by atoms with E-state index in [2.05, 4.69) is 0 Å². The van der Waals surface area contributed by atoms with Crippen molar-refractivity contribution in [2.24, 2.45) is 0 Å². The minimum atomic E-state index is -4.24. The van der Waals surface area contributed by atoms with Crippen molar-refractivity contribution in [1.82, 2.24) is 3.97 Å². The van der Waals surface area contributed by atoms with E-state index in [1.165, 1.54) is 43.5 Å². The smallest absolute Gasteiger partial charge is 0.279 e. The lowest BCUT2D eigenvalue weighted by molar-refractivity contribution is -0.383. The van der Waals surface area contributed by atoms with Crippen LogP contribution in [-0.4, -0.2) is 24.4 Å². The Kier molecular flexibility index (Phi) is 4.36. The minimum absolute atomic E-state index is 0.164. The standard InChI is InChI=1S/C16H12F2N2O5S/c1-25-10-5-7-11(8-6-10)26(23,24)19-9-12(16(17)18)15-13(19)3-2-4-14(15)20(21)22/h2-9,16H,1H3. The fraction of sp³-hybridized carbons (Fsp3) is 0.125. The van der Waals surface area contributed by atoms with Gasteiger partial charge in [-0.25, -0.2) is 21.2 Å². The molecule has 0 aliphatic carbocycles. The van der Waals surface area contributed by atoms with Crippen LogP contribution in [0.2, 0.25) is 0 Å². The molecule has 0 radical (unpaired) electrons. The molecule has 26 heavy (non-hydrogen) atoms. The highest BCUT2D eigenvalue weighted by atomic mass is 32.2. The molecular formula is C16H12F2N2O5S. The normalized spacial score (nSPS) is 11.8. The molecule has 0 amide bonds. The van der Waals surface area contributed by atoms with Gasteiger partial charge in [-0.15, -0.1) is 0 Å². The van der Waals surface area contributed by atoms with Crippen LogP contribution in [0.3, 0.4) is 0 Å². The number of ether oxygens (including phenoxy) is 1. The van der Waals surface area contributed by atoms with Gasteiger partial charge in [0.25, 0.3) is 22.1 Å². The van der Waals surface area contributed by atoms with Crippen molar-refractivity contribution in [3.05, 3.63) is 64.3 Å². The number of methoxy groups -OCH3 is 1. The van der Waals surface area contributed by atoms with Crippen LogP contribution in [0.4, 0.5) is 14.5 Å². The molecule has 0 unspecified atom stereocenters. The number of hydrogen-bond acceptors (Lipinski definition) is 5. The molecule has 1 aromatic heterocycles. The van der Waals surface area contributed by atoms with E-state index in [0.29, 0.717) is 9.72 Å². The summed E-state index contributed by atoms with van der Waals surface area (Å²) >= 11 is 0. The van der Waals surface area contributed by atoms with Crippen LogP contribution >= 0.6 is 0 Å². The second kappa shape index (κ2) is 6.37. The van der Waals surface area contributed by atoms with Gasteiger partial charge >= 0.3 is 0 Å². The Labute approximate surface area is 146 Å². The molecule has 0 aliphatic heterocycles. The Morgan fingerprint density at radius 2 is 1.81 bits per heavy atom. The maximum Gasteiger partial charge on any atom is 0.279 e. The van der Waals surface area contributed by atoms with Crippen LogP contribution in [0.5, 0.6) is 5.75 Å². The minimum Gasteiger partial charge on any atom is -0.497 e. The lowest BCUT2D eigenvalue weighted by Crippen LogP contribution is -2.11. The first-order valence-electron chi connectivity index (χ1n) is 7.23. The molecule has 3 aromatic rings. The van der Waals surface area contributed by atoms with Gasteiger partial charge in [-0.1, -0.05) is 6.07 Å². The summed E-state index contributed by atoms with van der Waals surface area (Å²) in [4.78, 5) is 10.2. The van der Waals surface area contributed by atoms with Crippen molar-refractivity contribution in [1.29, 1.82) is 0 Å². The third-order valence-electron chi connectivity index (χ3n) is 3.85. The van der Waals surface area contributed by atoms with E-state index in [0.717, 1.165) is 12.3 Å².